The first-order chi connectivity index (χ1) is 30.7. The van der Waals surface area contributed by atoms with Crippen LogP contribution in [0.4, 0.5) is 0 Å². The molecule has 0 aliphatic carbocycles. The van der Waals surface area contributed by atoms with Crippen LogP contribution in [0.25, 0.3) is 11.1 Å². The Morgan fingerprint density at radius 2 is 0.548 bits per heavy atom. The summed E-state index contributed by atoms with van der Waals surface area (Å²) in [5, 5.41) is 0. The summed E-state index contributed by atoms with van der Waals surface area (Å²) in [6, 6.07) is 27.6. The number of carbonyl (C=O) groups excluding carboxylic acids is 2. The van der Waals surface area contributed by atoms with Crippen LogP contribution in [0.5, 0.6) is 0 Å². The van der Waals surface area contributed by atoms with E-state index in [9.17, 15) is 9.59 Å². The summed E-state index contributed by atoms with van der Waals surface area (Å²) in [5.41, 5.74) is 3.12. The second-order valence-electron chi connectivity index (χ2n) is 17.6. The minimum absolute atomic E-state index is 0.266. The van der Waals surface area contributed by atoms with Gasteiger partial charge in [0.15, 0.2) is 24.8 Å². The quantitative estimate of drug-likeness (QED) is 0.0258. The average Bonchev–Trinajstić information content (AvgIpc) is 3.31. The summed E-state index contributed by atoms with van der Waals surface area (Å²) in [7, 11) is 0. The van der Waals surface area contributed by atoms with Gasteiger partial charge in [-0.1, -0.05) is 178 Å². The molecule has 0 amide bonds. The Hall–Kier alpha value is -4.32. The van der Waals surface area contributed by atoms with E-state index in [0.717, 1.165) is 49.9 Å². The first-order valence-corrected chi connectivity index (χ1v) is 25.1. The second kappa shape index (κ2) is 34.2. The third-order valence-electron chi connectivity index (χ3n) is 12.2. The topological polar surface area (TPSA) is 60.4 Å². The van der Waals surface area contributed by atoms with Gasteiger partial charge in [-0.25, -0.2) is 18.7 Å². The molecule has 0 unspecified atom stereocenters. The number of hydrogen-bond donors (Lipinski definition) is 0. The van der Waals surface area contributed by atoms with Gasteiger partial charge in [-0.15, -0.1) is 0 Å². The van der Waals surface area contributed by atoms with E-state index in [0.29, 0.717) is 24.3 Å². The second-order valence-corrected chi connectivity index (χ2v) is 17.6. The maximum atomic E-state index is 12.6. The zero-order valence-electron chi connectivity index (χ0n) is 38.5. The van der Waals surface area contributed by atoms with Crippen molar-refractivity contribution in [2.45, 2.75) is 193 Å². The molecule has 2 aromatic heterocycles. The van der Waals surface area contributed by atoms with Crippen molar-refractivity contribution in [2.24, 2.45) is 0 Å². The highest BCUT2D eigenvalue weighted by Gasteiger charge is 2.10. The summed E-state index contributed by atoms with van der Waals surface area (Å²) < 4.78 is 15.7. The van der Waals surface area contributed by atoms with Gasteiger partial charge in [0.1, 0.15) is 13.1 Å². The number of hydrogen-bond acceptors (Lipinski definition) is 4. The predicted molar refractivity (Wildman–Crippen MR) is 255 cm³/mol. The standard InChI is InChI=1S/C56H82N2O4/c59-55(61-49-33-23-19-15-11-7-3-1-5-9-13-17-21-27-43-57-45-29-25-30-46-57)53-39-35-51(36-40-53)52-37-41-54(42-38-52)56(60)62-50-34-24-20-16-12-8-4-2-6-10-14-18-22-28-44-58-47-31-26-32-48-58/h25-26,29-32,35-42,45-48H,1-24,27-28,33-34,43-44,49-50H2/q+2. The van der Waals surface area contributed by atoms with E-state index in [-0.39, 0.29) is 11.9 Å². The fourth-order valence-electron chi connectivity index (χ4n) is 8.30. The van der Waals surface area contributed by atoms with Gasteiger partial charge in [0, 0.05) is 37.1 Å². The van der Waals surface area contributed by atoms with Crippen LogP contribution in [0.3, 0.4) is 0 Å². The van der Waals surface area contributed by atoms with Crippen molar-refractivity contribution < 1.29 is 28.2 Å². The van der Waals surface area contributed by atoms with E-state index >= 15 is 0 Å². The van der Waals surface area contributed by atoms with Crippen molar-refractivity contribution in [3.05, 3.63) is 121 Å². The molecule has 4 aromatic rings. The molecular formula is C56H82N2O4+2. The Labute approximate surface area is 376 Å². The highest BCUT2D eigenvalue weighted by Crippen LogP contribution is 2.22. The maximum Gasteiger partial charge on any atom is 0.338 e. The third kappa shape index (κ3) is 23.8. The van der Waals surface area contributed by atoms with Crippen LogP contribution >= 0.6 is 0 Å². The number of pyridine rings is 2. The molecule has 6 nitrogen and oxygen atoms in total. The van der Waals surface area contributed by atoms with Gasteiger partial charge in [-0.05, 0) is 61.1 Å². The molecule has 2 aromatic carbocycles. The molecule has 6 heteroatoms. The maximum absolute atomic E-state index is 12.6. The van der Waals surface area contributed by atoms with Crippen LogP contribution in [-0.4, -0.2) is 25.2 Å². The summed E-state index contributed by atoms with van der Waals surface area (Å²) in [6.45, 7) is 3.22. The van der Waals surface area contributed by atoms with Crippen LogP contribution in [0.15, 0.2) is 110 Å². The van der Waals surface area contributed by atoms with Crippen LogP contribution in [0.1, 0.15) is 200 Å². The molecule has 0 bridgehead atoms. The number of aryl methyl sites for hydroxylation is 2. The van der Waals surface area contributed by atoms with Crippen LogP contribution < -0.4 is 9.13 Å². The van der Waals surface area contributed by atoms with E-state index in [1.165, 1.54) is 154 Å². The van der Waals surface area contributed by atoms with Gasteiger partial charge in [-0.3, -0.25) is 0 Å². The summed E-state index contributed by atoms with van der Waals surface area (Å²) in [5.74, 6) is -0.532. The molecular weight excluding hydrogens is 765 g/mol. The molecule has 0 aliphatic rings. The number of unbranched alkanes of at least 4 members (excludes halogenated alkanes) is 26. The molecule has 338 valence electrons. The van der Waals surface area contributed by atoms with Crippen LogP contribution in [0, 0.1) is 0 Å². The highest BCUT2D eigenvalue weighted by atomic mass is 16.5. The van der Waals surface area contributed by atoms with E-state index < -0.39 is 0 Å². The molecule has 0 atom stereocenters. The Bertz CT molecular complexity index is 1550. The number of nitrogens with zero attached hydrogens (tertiary/aromatic N) is 2. The Balaban J connectivity index is 0.895. The lowest BCUT2D eigenvalue weighted by molar-refractivity contribution is -0.697. The van der Waals surface area contributed by atoms with Crippen molar-refractivity contribution in [3.63, 3.8) is 0 Å². The number of esters is 2. The summed E-state index contributed by atoms with van der Waals surface area (Å²) >= 11 is 0. The smallest absolute Gasteiger partial charge is 0.338 e. The van der Waals surface area contributed by atoms with Crippen LogP contribution in [-0.2, 0) is 22.6 Å². The van der Waals surface area contributed by atoms with Crippen LogP contribution in [0.2, 0.25) is 0 Å². The first kappa shape index (κ1) is 50.3. The first-order valence-electron chi connectivity index (χ1n) is 25.1. The number of carbonyl (C=O) groups is 2. The van der Waals surface area contributed by atoms with E-state index in [1.807, 2.05) is 48.5 Å². The van der Waals surface area contributed by atoms with Gasteiger partial charge in [0.05, 0.1) is 24.3 Å². The minimum Gasteiger partial charge on any atom is -0.462 e. The third-order valence-corrected chi connectivity index (χ3v) is 12.2. The largest absolute Gasteiger partial charge is 0.462 e. The molecule has 0 spiro atoms. The Kier molecular flexibility index (Phi) is 27.8. The molecule has 0 saturated heterocycles. The molecule has 0 radical (unpaired) electrons. The number of aromatic nitrogens is 2. The fraction of sp³-hybridized carbons (Fsp3) is 0.571. The predicted octanol–water partition coefficient (Wildman–Crippen LogP) is 14.6. The molecule has 0 fully saturated rings. The Morgan fingerprint density at radius 3 is 0.823 bits per heavy atom. The SMILES string of the molecule is O=C(OCCCCCCCCCCCCCCCC[n+]1ccccc1)c1ccc(-c2ccc(C(=O)OCCCCCCCCCCCCCCCC[n+]3ccccc3)cc2)cc1. The highest BCUT2D eigenvalue weighted by molar-refractivity contribution is 5.91. The monoisotopic (exact) mass is 847 g/mol. The number of benzene rings is 2. The van der Waals surface area contributed by atoms with E-state index in [2.05, 4.69) is 70.3 Å². The van der Waals surface area contributed by atoms with Gasteiger partial charge in [0.2, 0.25) is 0 Å². The van der Waals surface area contributed by atoms with E-state index in [4.69, 9.17) is 9.47 Å². The molecule has 62 heavy (non-hydrogen) atoms. The molecule has 0 saturated carbocycles. The van der Waals surface area contributed by atoms with E-state index in [1.54, 1.807) is 0 Å². The van der Waals surface area contributed by atoms with Crippen molar-refractivity contribution in [2.75, 3.05) is 13.2 Å². The minimum atomic E-state index is -0.266. The van der Waals surface area contributed by atoms with Crippen molar-refractivity contribution >= 4 is 11.9 Å². The molecule has 0 aliphatic heterocycles. The average molecular weight is 847 g/mol. The summed E-state index contributed by atoms with van der Waals surface area (Å²) in [6.07, 6.45) is 44.7. The zero-order valence-corrected chi connectivity index (χ0v) is 38.5. The summed E-state index contributed by atoms with van der Waals surface area (Å²) in [4.78, 5) is 25.2. The van der Waals surface area contributed by atoms with Gasteiger partial charge in [0.25, 0.3) is 0 Å². The Morgan fingerprint density at radius 1 is 0.306 bits per heavy atom. The van der Waals surface area contributed by atoms with Gasteiger partial charge >= 0.3 is 11.9 Å². The van der Waals surface area contributed by atoms with Gasteiger partial charge in [-0.2, -0.15) is 0 Å². The lowest BCUT2D eigenvalue weighted by Crippen LogP contribution is -2.32. The lowest BCUT2D eigenvalue weighted by Gasteiger charge is -2.08. The number of ether oxygens (including phenoxy) is 2. The normalized spacial score (nSPS) is 11.2. The number of rotatable bonds is 37. The molecule has 4 rings (SSSR count). The van der Waals surface area contributed by atoms with Crippen molar-refractivity contribution in [1.29, 1.82) is 0 Å². The fourth-order valence-corrected chi connectivity index (χ4v) is 8.30. The van der Waals surface area contributed by atoms with Crippen molar-refractivity contribution in [3.8, 4) is 11.1 Å². The van der Waals surface area contributed by atoms with Gasteiger partial charge < -0.3 is 9.47 Å². The van der Waals surface area contributed by atoms with Crippen molar-refractivity contribution in [1.82, 2.24) is 0 Å². The molecule has 2 heterocycles. The molecule has 0 N–H and O–H groups in total. The zero-order chi connectivity index (χ0) is 43.4. The lowest BCUT2D eigenvalue weighted by atomic mass is 10.0.